The Morgan fingerprint density at radius 1 is 1.19 bits per heavy atom. The van der Waals surface area contributed by atoms with E-state index in [0.717, 1.165) is 6.07 Å². The van der Waals surface area contributed by atoms with E-state index in [9.17, 15) is 13.2 Å². The lowest BCUT2D eigenvalue weighted by Gasteiger charge is -2.10. The molecular weight excluding hydrogens is 320 g/mol. The quantitative estimate of drug-likeness (QED) is 0.411. The van der Waals surface area contributed by atoms with Gasteiger partial charge in [-0.25, -0.2) is 13.2 Å². The Bertz CT molecular complexity index is 584. The zero-order chi connectivity index (χ0) is 15.9. The van der Waals surface area contributed by atoms with E-state index in [0.29, 0.717) is 6.61 Å². The monoisotopic (exact) mass is 336 g/mol. The van der Waals surface area contributed by atoms with Crippen LogP contribution in [0.4, 0.5) is 0 Å². The van der Waals surface area contributed by atoms with E-state index >= 15 is 0 Å². The maximum absolute atomic E-state index is 11.8. The van der Waals surface area contributed by atoms with Crippen molar-refractivity contribution in [3.63, 3.8) is 0 Å². The highest BCUT2D eigenvalue weighted by Crippen LogP contribution is 2.28. The number of ether oxygens (including phenoxy) is 3. The fraction of sp³-hybridized carbons (Fsp3) is 0.462. The van der Waals surface area contributed by atoms with Crippen LogP contribution in [-0.4, -0.2) is 40.8 Å². The first-order chi connectivity index (χ1) is 9.90. The molecule has 0 heterocycles. The molecule has 8 heteroatoms. The van der Waals surface area contributed by atoms with Crippen LogP contribution >= 0.6 is 10.7 Å². The van der Waals surface area contributed by atoms with Crippen molar-refractivity contribution in [3.8, 4) is 5.75 Å². The Morgan fingerprint density at radius 2 is 1.90 bits per heavy atom. The molecule has 0 aromatic heterocycles. The summed E-state index contributed by atoms with van der Waals surface area (Å²) in [6, 6.07) is 3.92. The summed E-state index contributed by atoms with van der Waals surface area (Å²) >= 11 is 0. The molecule has 0 aliphatic heterocycles. The van der Waals surface area contributed by atoms with Crippen molar-refractivity contribution in [2.45, 2.75) is 18.7 Å². The number of hydrogen-bond acceptors (Lipinski definition) is 6. The van der Waals surface area contributed by atoms with E-state index in [2.05, 4.69) is 0 Å². The maximum Gasteiger partial charge on any atom is 0.338 e. The van der Waals surface area contributed by atoms with Crippen molar-refractivity contribution < 1.29 is 27.4 Å². The first kappa shape index (κ1) is 17.7. The van der Waals surface area contributed by atoms with Crippen LogP contribution in [0, 0.1) is 0 Å². The van der Waals surface area contributed by atoms with Crippen molar-refractivity contribution in [2.75, 3.05) is 26.4 Å². The van der Waals surface area contributed by atoms with Crippen LogP contribution in [0.5, 0.6) is 5.75 Å². The molecule has 1 rings (SSSR count). The molecule has 0 aliphatic carbocycles. The molecule has 0 saturated heterocycles. The normalized spacial score (nSPS) is 11.2. The third kappa shape index (κ3) is 5.53. The highest BCUT2D eigenvalue weighted by molar-refractivity contribution is 8.13. The van der Waals surface area contributed by atoms with Crippen LogP contribution in [0.3, 0.4) is 0 Å². The molecule has 0 atom stereocenters. The molecular formula is C13H17ClO6S. The fourth-order valence-corrected chi connectivity index (χ4v) is 2.52. The lowest BCUT2D eigenvalue weighted by Crippen LogP contribution is -2.11. The van der Waals surface area contributed by atoms with Crippen molar-refractivity contribution in [2.24, 2.45) is 0 Å². The largest absolute Gasteiger partial charge is 0.492 e. The zero-order valence-electron chi connectivity index (χ0n) is 11.8. The zero-order valence-corrected chi connectivity index (χ0v) is 13.4. The predicted octanol–water partition coefficient (Wildman–Crippen LogP) is 2.21. The SMILES string of the molecule is CCOCCOC(=O)c1ccc(OCC)c(S(=O)(=O)Cl)c1. The van der Waals surface area contributed by atoms with Crippen LogP contribution in [0.1, 0.15) is 24.2 Å². The second-order valence-corrected chi connectivity index (χ2v) is 6.40. The molecule has 0 fully saturated rings. The second kappa shape index (κ2) is 8.21. The molecule has 1 aromatic carbocycles. The van der Waals surface area contributed by atoms with Gasteiger partial charge in [-0.2, -0.15) is 0 Å². The van der Waals surface area contributed by atoms with Crippen LogP contribution < -0.4 is 4.74 Å². The van der Waals surface area contributed by atoms with Gasteiger partial charge in [0.2, 0.25) is 0 Å². The van der Waals surface area contributed by atoms with Crippen LogP contribution in [-0.2, 0) is 18.5 Å². The summed E-state index contributed by atoms with van der Waals surface area (Å²) in [6.07, 6.45) is 0. The molecule has 1 aromatic rings. The average molecular weight is 337 g/mol. The Kier molecular flexibility index (Phi) is 6.94. The summed E-state index contributed by atoms with van der Waals surface area (Å²) in [7, 11) is 1.32. The Hall–Kier alpha value is -1.31. The van der Waals surface area contributed by atoms with E-state index in [1.807, 2.05) is 6.92 Å². The van der Waals surface area contributed by atoms with E-state index < -0.39 is 15.0 Å². The van der Waals surface area contributed by atoms with E-state index in [-0.39, 0.29) is 36.0 Å². The lowest BCUT2D eigenvalue weighted by atomic mass is 10.2. The number of rotatable bonds is 8. The molecule has 0 bridgehead atoms. The Morgan fingerprint density at radius 3 is 2.48 bits per heavy atom. The van der Waals surface area contributed by atoms with E-state index in [4.69, 9.17) is 24.9 Å². The number of halogens is 1. The first-order valence-electron chi connectivity index (χ1n) is 6.36. The van der Waals surface area contributed by atoms with Gasteiger partial charge in [-0.15, -0.1) is 0 Å². The summed E-state index contributed by atoms with van der Waals surface area (Å²) in [5.41, 5.74) is 0.0779. The van der Waals surface area contributed by atoms with Gasteiger partial charge >= 0.3 is 5.97 Å². The first-order valence-corrected chi connectivity index (χ1v) is 8.67. The summed E-state index contributed by atoms with van der Waals surface area (Å²) < 4.78 is 38.2. The highest BCUT2D eigenvalue weighted by atomic mass is 35.7. The van der Waals surface area contributed by atoms with Gasteiger partial charge in [0.15, 0.2) is 0 Å². The molecule has 0 unspecified atom stereocenters. The predicted molar refractivity (Wildman–Crippen MR) is 77.4 cm³/mol. The molecule has 0 N–H and O–H groups in total. The van der Waals surface area contributed by atoms with Crippen molar-refractivity contribution in [1.82, 2.24) is 0 Å². The molecule has 0 saturated carbocycles. The van der Waals surface area contributed by atoms with E-state index in [1.165, 1.54) is 12.1 Å². The van der Waals surface area contributed by atoms with Gasteiger partial charge in [0, 0.05) is 17.3 Å². The number of hydrogen-bond donors (Lipinski definition) is 0. The molecule has 0 aliphatic rings. The van der Waals surface area contributed by atoms with Crippen LogP contribution in [0.25, 0.3) is 0 Å². The van der Waals surface area contributed by atoms with Crippen LogP contribution in [0.2, 0.25) is 0 Å². The molecule has 0 spiro atoms. The van der Waals surface area contributed by atoms with Gasteiger partial charge in [0.05, 0.1) is 18.8 Å². The Balaban J connectivity index is 2.92. The lowest BCUT2D eigenvalue weighted by molar-refractivity contribution is 0.0335. The highest BCUT2D eigenvalue weighted by Gasteiger charge is 2.20. The maximum atomic E-state index is 11.8. The smallest absolute Gasteiger partial charge is 0.338 e. The minimum atomic E-state index is -4.03. The molecule has 21 heavy (non-hydrogen) atoms. The van der Waals surface area contributed by atoms with Gasteiger partial charge in [0.25, 0.3) is 9.05 Å². The van der Waals surface area contributed by atoms with Gasteiger partial charge in [0.1, 0.15) is 17.3 Å². The number of carbonyl (C=O) groups is 1. The fourth-order valence-electron chi connectivity index (χ4n) is 1.52. The topological polar surface area (TPSA) is 78.9 Å². The van der Waals surface area contributed by atoms with Crippen molar-refractivity contribution >= 4 is 25.7 Å². The summed E-state index contributed by atoms with van der Waals surface area (Å²) in [5.74, 6) is -0.558. The Labute approximate surface area is 128 Å². The molecule has 6 nitrogen and oxygen atoms in total. The van der Waals surface area contributed by atoms with Gasteiger partial charge in [-0.05, 0) is 32.0 Å². The van der Waals surface area contributed by atoms with Crippen LogP contribution in [0.15, 0.2) is 23.1 Å². The number of benzene rings is 1. The molecule has 118 valence electrons. The van der Waals surface area contributed by atoms with Crippen molar-refractivity contribution in [3.05, 3.63) is 23.8 Å². The van der Waals surface area contributed by atoms with Gasteiger partial charge in [-0.1, -0.05) is 0 Å². The van der Waals surface area contributed by atoms with Gasteiger partial charge < -0.3 is 14.2 Å². The van der Waals surface area contributed by atoms with Gasteiger partial charge in [-0.3, -0.25) is 0 Å². The van der Waals surface area contributed by atoms with Crippen molar-refractivity contribution in [1.29, 1.82) is 0 Å². The third-order valence-electron chi connectivity index (χ3n) is 2.41. The number of esters is 1. The molecule has 0 amide bonds. The summed E-state index contributed by atoms with van der Waals surface area (Å²) in [5, 5.41) is 0. The average Bonchev–Trinajstić information content (AvgIpc) is 2.43. The summed E-state index contributed by atoms with van der Waals surface area (Å²) in [6.45, 7) is 4.70. The summed E-state index contributed by atoms with van der Waals surface area (Å²) in [4.78, 5) is 11.5. The number of carbonyl (C=O) groups excluding carboxylic acids is 1. The minimum absolute atomic E-state index is 0.0779. The standard InChI is InChI=1S/C13H17ClO6S/c1-3-18-7-8-20-13(15)10-5-6-11(19-4-2)12(9-10)21(14,16)17/h5-6,9H,3-4,7-8H2,1-2H3. The third-order valence-corrected chi connectivity index (χ3v) is 3.75. The minimum Gasteiger partial charge on any atom is -0.492 e. The second-order valence-electron chi connectivity index (χ2n) is 3.87. The molecule has 0 radical (unpaired) electrons. The van der Waals surface area contributed by atoms with E-state index in [1.54, 1.807) is 6.92 Å².